The molecule has 0 aliphatic heterocycles. The van der Waals surface area contributed by atoms with Crippen molar-refractivity contribution in [1.82, 2.24) is 14.9 Å². The third kappa shape index (κ3) is 5.04. The van der Waals surface area contributed by atoms with Crippen LogP contribution in [-0.2, 0) is 14.3 Å². The number of hydrogen-bond acceptors (Lipinski definition) is 6. The monoisotopic (exact) mass is 367 g/mol. The van der Waals surface area contributed by atoms with Crippen LogP contribution in [0.5, 0.6) is 0 Å². The summed E-state index contributed by atoms with van der Waals surface area (Å²) < 4.78 is 24.5. The van der Waals surface area contributed by atoms with E-state index in [9.17, 15) is 14.0 Å². The molecule has 2 aromatic rings. The highest BCUT2D eigenvalue weighted by molar-refractivity contribution is 7.98. The lowest BCUT2D eigenvalue weighted by Crippen LogP contribution is -2.31. The van der Waals surface area contributed by atoms with Gasteiger partial charge < -0.3 is 14.8 Å². The van der Waals surface area contributed by atoms with Gasteiger partial charge in [-0.2, -0.15) is 0 Å². The third-order valence-corrected chi connectivity index (χ3v) is 3.82. The SMILES string of the molecule is COCCNC(=O)COC(=O)c1cnc(SC)n1-c1ccc(F)cc1. The smallest absolute Gasteiger partial charge is 0.357 e. The summed E-state index contributed by atoms with van der Waals surface area (Å²) in [6.45, 7) is 0.289. The summed E-state index contributed by atoms with van der Waals surface area (Å²) in [4.78, 5) is 28.1. The fourth-order valence-corrected chi connectivity index (χ4v) is 2.56. The van der Waals surface area contributed by atoms with Gasteiger partial charge in [0, 0.05) is 19.3 Å². The number of imidazole rings is 1. The molecule has 0 unspecified atom stereocenters. The second-order valence-corrected chi connectivity index (χ2v) is 5.63. The number of nitrogens with zero attached hydrogens (tertiary/aromatic N) is 2. The largest absolute Gasteiger partial charge is 0.451 e. The maximum absolute atomic E-state index is 13.1. The second-order valence-electron chi connectivity index (χ2n) is 4.86. The van der Waals surface area contributed by atoms with E-state index in [4.69, 9.17) is 9.47 Å². The van der Waals surface area contributed by atoms with E-state index in [2.05, 4.69) is 10.3 Å². The zero-order valence-corrected chi connectivity index (χ0v) is 14.6. The Bertz CT molecular complexity index is 733. The minimum atomic E-state index is -0.695. The molecule has 0 atom stereocenters. The van der Waals surface area contributed by atoms with Gasteiger partial charge in [0.25, 0.3) is 5.91 Å². The average Bonchev–Trinajstić information content (AvgIpc) is 3.04. The normalized spacial score (nSPS) is 10.5. The number of nitrogens with one attached hydrogen (secondary N) is 1. The molecule has 7 nitrogen and oxygen atoms in total. The first-order chi connectivity index (χ1) is 12.1. The topological polar surface area (TPSA) is 82.4 Å². The molecule has 0 saturated carbocycles. The van der Waals surface area contributed by atoms with E-state index in [1.807, 2.05) is 0 Å². The molecule has 0 fully saturated rings. The quantitative estimate of drug-likeness (QED) is 0.434. The Kier molecular flexibility index (Phi) is 6.96. The van der Waals surface area contributed by atoms with Crippen LogP contribution in [-0.4, -0.2) is 54.6 Å². The highest BCUT2D eigenvalue weighted by Crippen LogP contribution is 2.22. The van der Waals surface area contributed by atoms with Crippen molar-refractivity contribution in [3.8, 4) is 5.69 Å². The molecule has 9 heteroatoms. The Labute approximate surface area is 148 Å². The zero-order valence-electron chi connectivity index (χ0n) is 13.8. The van der Waals surface area contributed by atoms with Crippen molar-refractivity contribution in [3.63, 3.8) is 0 Å². The highest BCUT2D eigenvalue weighted by Gasteiger charge is 2.20. The lowest BCUT2D eigenvalue weighted by Gasteiger charge is -2.11. The van der Waals surface area contributed by atoms with Crippen LogP contribution in [0.3, 0.4) is 0 Å². The first kappa shape index (κ1) is 18.9. The van der Waals surface area contributed by atoms with Crippen molar-refractivity contribution in [2.75, 3.05) is 33.1 Å². The van der Waals surface area contributed by atoms with Gasteiger partial charge in [-0.25, -0.2) is 14.2 Å². The van der Waals surface area contributed by atoms with Crippen molar-refractivity contribution >= 4 is 23.6 Å². The molecule has 0 saturated heterocycles. The third-order valence-electron chi connectivity index (χ3n) is 3.17. The Hall–Kier alpha value is -2.39. The number of ether oxygens (including phenoxy) is 2. The van der Waals surface area contributed by atoms with Crippen LogP contribution in [0.15, 0.2) is 35.6 Å². The summed E-state index contributed by atoms with van der Waals surface area (Å²) in [5.41, 5.74) is 0.723. The maximum atomic E-state index is 13.1. The number of halogens is 1. The highest BCUT2D eigenvalue weighted by atomic mass is 32.2. The van der Waals surface area contributed by atoms with E-state index < -0.39 is 18.5 Å². The second kappa shape index (κ2) is 9.19. The van der Waals surface area contributed by atoms with E-state index in [-0.39, 0.29) is 11.5 Å². The molecule has 0 bridgehead atoms. The Balaban J connectivity index is 2.11. The number of esters is 1. The van der Waals surface area contributed by atoms with E-state index >= 15 is 0 Å². The summed E-state index contributed by atoms with van der Waals surface area (Å²) in [7, 11) is 1.52. The molecular formula is C16H18FN3O4S. The van der Waals surface area contributed by atoms with E-state index in [1.165, 1.54) is 49.3 Å². The number of hydrogen-bond donors (Lipinski definition) is 1. The molecule has 1 heterocycles. The lowest BCUT2D eigenvalue weighted by molar-refractivity contribution is -0.124. The number of amides is 1. The standard InChI is InChI=1S/C16H18FN3O4S/c1-23-8-7-18-14(21)10-24-15(22)13-9-19-16(25-2)20(13)12-5-3-11(17)4-6-12/h3-6,9H,7-8,10H2,1-2H3,(H,18,21). The molecule has 0 aliphatic rings. The predicted molar refractivity (Wildman–Crippen MR) is 90.5 cm³/mol. The van der Waals surface area contributed by atoms with E-state index in [0.717, 1.165) is 0 Å². The van der Waals surface area contributed by atoms with Gasteiger partial charge in [0.15, 0.2) is 17.5 Å². The number of aromatic nitrogens is 2. The summed E-state index contributed by atoms with van der Waals surface area (Å²) in [6.07, 6.45) is 3.17. The van der Waals surface area contributed by atoms with Crippen LogP contribution in [0.4, 0.5) is 4.39 Å². The number of thioether (sulfide) groups is 1. The summed E-state index contributed by atoms with van der Waals surface area (Å²) in [5, 5.41) is 3.09. The molecule has 0 spiro atoms. The number of rotatable bonds is 8. The number of benzene rings is 1. The number of methoxy groups -OCH3 is 1. The van der Waals surface area contributed by atoms with Crippen molar-refractivity contribution in [3.05, 3.63) is 42.0 Å². The maximum Gasteiger partial charge on any atom is 0.357 e. The molecule has 1 amide bonds. The molecule has 0 aliphatic carbocycles. The van der Waals surface area contributed by atoms with Crippen LogP contribution >= 0.6 is 11.8 Å². The molecule has 25 heavy (non-hydrogen) atoms. The van der Waals surface area contributed by atoms with Crippen LogP contribution in [0.1, 0.15) is 10.5 Å². The molecule has 0 radical (unpaired) electrons. The minimum Gasteiger partial charge on any atom is -0.451 e. The van der Waals surface area contributed by atoms with E-state index in [0.29, 0.717) is 24.0 Å². The van der Waals surface area contributed by atoms with Gasteiger partial charge in [-0.1, -0.05) is 11.8 Å². The van der Waals surface area contributed by atoms with Crippen molar-refractivity contribution in [2.24, 2.45) is 0 Å². The average molecular weight is 367 g/mol. The molecule has 1 N–H and O–H groups in total. The lowest BCUT2D eigenvalue weighted by atomic mass is 10.3. The van der Waals surface area contributed by atoms with Crippen molar-refractivity contribution in [2.45, 2.75) is 5.16 Å². The molecule has 1 aromatic carbocycles. The first-order valence-corrected chi connectivity index (χ1v) is 8.59. The van der Waals surface area contributed by atoms with Gasteiger partial charge >= 0.3 is 5.97 Å². The fraction of sp³-hybridized carbons (Fsp3) is 0.312. The molecule has 134 valence electrons. The van der Waals surface area contributed by atoms with Crippen LogP contribution < -0.4 is 5.32 Å². The van der Waals surface area contributed by atoms with Gasteiger partial charge in [-0.3, -0.25) is 9.36 Å². The van der Waals surface area contributed by atoms with Crippen LogP contribution in [0, 0.1) is 5.82 Å². The summed E-state index contributed by atoms with van der Waals surface area (Å²) in [6, 6.07) is 5.64. The Morgan fingerprint density at radius 3 is 2.68 bits per heavy atom. The fourth-order valence-electron chi connectivity index (χ4n) is 2.01. The van der Waals surface area contributed by atoms with Crippen LogP contribution in [0.2, 0.25) is 0 Å². The van der Waals surface area contributed by atoms with E-state index in [1.54, 1.807) is 10.8 Å². The summed E-state index contributed by atoms with van der Waals surface area (Å²) in [5.74, 6) is -1.51. The van der Waals surface area contributed by atoms with Crippen molar-refractivity contribution in [1.29, 1.82) is 0 Å². The predicted octanol–water partition coefficient (Wildman–Crippen LogP) is 1.65. The van der Waals surface area contributed by atoms with Gasteiger partial charge in [0.2, 0.25) is 0 Å². The number of carbonyl (C=O) groups is 2. The van der Waals surface area contributed by atoms with Gasteiger partial charge in [0.1, 0.15) is 5.82 Å². The van der Waals surface area contributed by atoms with Gasteiger partial charge in [-0.05, 0) is 30.5 Å². The van der Waals surface area contributed by atoms with Crippen molar-refractivity contribution < 1.29 is 23.5 Å². The molecule has 2 rings (SSSR count). The van der Waals surface area contributed by atoms with Gasteiger partial charge in [-0.15, -0.1) is 0 Å². The Morgan fingerprint density at radius 2 is 2.04 bits per heavy atom. The minimum absolute atomic E-state index is 0.153. The zero-order chi connectivity index (χ0) is 18.2. The summed E-state index contributed by atoms with van der Waals surface area (Å²) >= 11 is 1.33. The molecule has 1 aromatic heterocycles. The Morgan fingerprint density at radius 1 is 1.32 bits per heavy atom. The number of carbonyl (C=O) groups excluding carboxylic acids is 2. The molecular weight excluding hydrogens is 349 g/mol. The van der Waals surface area contributed by atoms with Crippen LogP contribution in [0.25, 0.3) is 5.69 Å². The van der Waals surface area contributed by atoms with Gasteiger partial charge in [0.05, 0.1) is 12.8 Å². The first-order valence-electron chi connectivity index (χ1n) is 7.37.